The van der Waals surface area contributed by atoms with Crippen molar-refractivity contribution in [3.63, 3.8) is 0 Å². The Hall–Kier alpha value is -1.33. The van der Waals surface area contributed by atoms with Gasteiger partial charge in [-0.05, 0) is 25.5 Å². The molecule has 1 amide bonds. The van der Waals surface area contributed by atoms with Gasteiger partial charge in [0.25, 0.3) is 5.91 Å². The number of rotatable bonds is 4. The molecule has 1 aromatic heterocycles. The van der Waals surface area contributed by atoms with E-state index in [9.17, 15) is 4.79 Å². The largest absolute Gasteiger partial charge is 0.377 e. The van der Waals surface area contributed by atoms with E-state index in [2.05, 4.69) is 17.2 Å². The minimum atomic E-state index is -0.0235. The van der Waals surface area contributed by atoms with Crippen LogP contribution in [0.2, 0.25) is 5.15 Å². The Bertz CT molecular complexity index is 481. The Morgan fingerprint density at radius 1 is 1.60 bits per heavy atom. The van der Waals surface area contributed by atoms with E-state index in [-0.39, 0.29) is 11.9 Å². The maximum absolute atomic E-state index is 12.5. The van der Waals surface area contributed by atoms with Crippen molar-refractivity contribution in [2.45, 2.75) is 26.3 Å². The summed E-state index contributed by atoms with van der Waals surface area (Å²) >= 11 is 6.00. The molecular weight excluding hydrogens is 278 g/mol. The van der Waals surface area contributed by atoms with Crippen molar-refractivity contribution >= 4 is 23.3 Å². The first-order chi connectivity index (χ1) is 9.61. The molecule has 0 saturated carbocycles. The van der Waals surface area contributed by atoms with Crippen LogP contribution < -0.4 is 5.32 Å². The van der Waals surface area contributed by atoms with Gasteiger partial charge >= 0.3 is 0 Å². The fourth-order valence-corrected chi connectivity index (χ4v) is 2.37. The molecule has 1 aromatic rings. The molecule has 5 nitrogen and oxygen atoms in total. The molecule has 0 radical (unpaired) electrons. The molecule has 20 heavy (non-hydrogen) atoms. The first-order valence-electron chi connectivity index (χ1n) is 6.92. The molecule has 1 saturated heterocycles. The number of hydrogen-bond acceptors (Lipinski definition) is 4. The van der Waals surface area contributed by atoms with Gasteiger partial charge in [0.15, 0.2) is 0 Å². The first-order valence-corrected chi connectivity index (χ1v) is 7.29. The number of pyridine rings is 1. The predicted molar refractivity (Wildman–Crippen MR) is 79.3 cm³/mol. The molecule has 1 aliphatic heterocycles. The highest BCUT2D eigenvalue weighted by molar-refractivity contribution is 6.29. The molecule has 0 bridgehead atoms. The number of nitrogens with zero attached hydrogens (tertiary/aromatic N) is 2. The lowest BCUT2D eigenvalue weighted by atomic mass is 10.1. The Morgan fingerprint density at radius 2 is 2.40 bits per heavy atom. The normalized spacial score (nSPS) is 18.9. The number of anilines is 1. The fraction of sp³-hybridized carbons (Fsp3) is 0.571. The average Bonchev–Trinajstić information content (AvgIpc) is 2.44. The molecule has 1 fully saturated rings. The van der Waals surface area contributed by atoms with Crippen LogP contribution in [0.1, 0.15) is 30.6 Å². The molecule has 2 heterocycles. The summed E-state index contributed by atoms with van der Waals surface area (Å²) in [6.45, 7) is 6.61. The molecule has 1 unspecified atom stereocenters. The van der Waals surface area contributed by atoms with Crippen LogP contribution in [-0.2, 0) is 4.74 Å². The van der Waals surface area contributed by atoms with Gasteiger partial charge in [-0.15, -0.1) is 0 Å². The maximum Gasteiger partial charge on any atom is 0.254 e. The van der Waals surface area contributed by atoms with Crippen LogP contribution in [0.3, 0.4) is 0 Å². The average molecular weight is 298 g/mol. The van der Waals surface area contributed by atoms with Crippen molar-refractivity contribution in [1.29, 1.82) is 0 Å². The third-order valence-electron chi connectivity index (χ3n) is 3.23. The number of halogens is 1. The molecule has 1 atom stereocenters. The number of ether oxygens (including phenoxy) is 1. The van der Waals surface area contributed by atoms with E-state index in [0.29, 0.717) is 36.3 Å². The van der Waals surface area contributed by atoms with Crippen LogP contribution in [0.15, 0.2) is 12.1 Å². The number of carbonyl (C=O) groups excluding carboxylic acids is 1. The molecular formula is C14H20ClN3O2. The molecule has 1 aliphatic rings. The second kappa shape index (κ2) is 6.90. The van der Waals surface area contributed by atoms with Gasteiger partial charge in [-0.25, -0.2) is 4.98 Å². The van der Waals surface area contributed by atoms with Gasteiger partial charge in [0.05, 0.1) is 19.3 Å². The molecule has 2 rings (SSSR count). The van der Waals surface area contributed by atoms with Crippen molar-refractivity contribution < 1.29 is 9.53 Å². The third kappa shape index (κ3) is 3.61. The second-order valence-corrected chi connectivity index (χ2v) is 5.30. The zero-order chi connectivity index (χ0) is 14.5. The molecule has 0 aromatic carbocycles. The lowest BCUT2D eigenvalue weighted by Crippen LogP contribution is -2.47. The lowest BCUT2D eigenvalue weighted by molar-refractivity contribution is 0.00359. The van der Waals surface area contributed by atoms with Crippen LogP contribution in [0.4, 0.5) is 5.82 Å². The summed E-state index contributed by atoms with van der Waals surface area (Å²) in [5, 5.41) is 3.48. The topological polar surface area (TPSA) is 54.5 Å². The summed E-state index contributed by atoms with van der Waals surface area (Å²) < 4.78 is 5.35. The Kier molecular flexibility index (Phi) is 5.20. The molecule has 110 valence electrons. The van der Waals surface area contributed by atoms with Crippen molar-refractivity contribution in [1.82, 2.24) is 9.88 Å². The predicted octanol–water partition coefficient (Wildman–Crippen LogP) is 2.42. The lowest BCUT2D eigenvalue weighted by Gasteiger charge is -2.33. The van der Waals surface area contributed by atoms with Crippen LogP contribution in [-0.4, -0.2) is 48.1 Å². The summed E-state index contributed by atoms with van der Waals surface area (Å²) in [6, 6.07) is 3.45. The van der Waals surface area contributed by atoms with Gasteiger partial charge in [-0.2, -0.15) is 0 Å². The zero-order valence-electron chi connectivity index (χ0n) is 11.9. The van der Waals surface area contributed by atoms with Crippen LogP contribution in [0.25, 0.3) is 0 Å². The van der Waals surface area contributed by atoms with E-state index >= 15 is 0 Å². The number of nitrogens with one attached hydrogen (secondary N) is 1. The monoisotopic (exact) mass is 297 g/mol. The minimum Gasteiger partial charge on any atom is -0.377 e. The van der Waals surface area contributed by atoms with Gasteiger partial charge in [0, 0.05) is 18.7 Å². The summed E-state index contributed by atoms with van der Waals surface area (Å²) in [5.74, 6) is 0.619. The SMILES string of the molecule is CCCNc1cc(C(=O)N2CCOCC2C)cc(Cl)n1. The van der Waals surface area contributed by atoms with Gasteiger partial charge in [0.2, 0.25) is 0 Å². The van der Waals surface area contributed by atoms with Crippen LogP contribution >= 0.6 is 11.6 Å². The number of aromatic nitrogens is 1. The van der Waals surface area contributed by atoms with E-state index in [1.807, 2.05) is 11.8 Å². The van der Waals surface area contributed by atoms with E-state index in [1.54, 1.807) is 12.1 Å². The Balaban J connectivity index is 2.18. The quantitative estimate of drug-likeness (QED) is 0.867. The van der Waals surface area contributed by atoms with E-state index < -0.39 is 0 Å². The standard InChI is InChI=1S/C14H20ClN3O2/c1-3-4-16-13-8-11(7-12(15)17-13)14(19)18-5-6-20-9-10(18)2/h7-8,10H,3-6,9H2,1-2H3,(H,16,17). The van der Waals surface area contributed by atoms with Crippen molar-refractivity contribution in [3.05, 3.63) is 22.8 Å². The first kappa shape index (κ1) is 15.1. The summed E-state index contributed by atoms with van der Waals surface area (Å²) in [7, 11) is 0. The molecule has 0 aliphatic carbocycles. The molecule has 6 heteroatoms. The Morgan fingerprint density at radius 3 is 3.10 bits per heavy atom. The van der Waals surface area contributed by atoms with Crippen LogP contribution in [0.5, 0.6) is 0 Å². The number of carbonyl (C=O) groups is 1. The number of hydrogen-bond donors (Lipinski definition) is 1. The zero-order valence-corrected chi connectivity index (χ0v) is 12.6. The maximum atomic E-state index is 12.5. The highest BCUT2D eigenvalue weighted by Crippen LogP contribution is 2.18. The smallest absolute Gasteiger partial charge is 0.254 e. The van der Waals surface area contributed by atoms with Crippen molar-refractivity contribution in [2.24, 2.45) is 0 Å². The minimum absolute atomic E-state index is 0.0235. The van der Waals surface area contributed by atoms with Gasteiger partial charge in [0.1, 0.15) is 11.0 Å². The number of morpholine rings is 1. The third-order valence-corrected chi connectivity index (χ3v) is 3.42. The summed E-state index contributed by atoms with van der Waals surface area (Å²) in [5.41, 5.74) is 0.567. The van der Waals surface area contributed by atoms with Gasteiger partial charge < -0.3 is 15.0 Å². The van der Waals surface area contributed by atoms with E-state index in [1.165, 1.54) is 0 Å². The van der Waals surface area contributed by atoms with Crippen molar-refractivity contribution in [3.8, 4) is 0 Å². The summed E-state index contributed by atoms with van der Waals surface area (Å²) in [4.78, 5) is 18.5. The highest BCUT2D eigenvalue weighted by atomic mass is 35.5. The second-order valence-electron chi connectivity index (χ2n) is 4.91. The Labute approximate surface area is 124 Å². The highest BCUT2D eigenvalue weighted by Gasteiger charge is 2.25. The molecule has 1 N–H and O–H groups in total. The van der Waals surface area contributed by atoms with E-state index in [0.717, 1.165) is 13.0 Å². The van der Waals surface area contributed by atoms with Crippen LogP contribution in [0, 0.1) is 0 Å². The molecule has 0 spiro atoms. The van der Waals surface area contributed by atoms with E-state index in [4.69, 9.17) is 16.3 Å². The number of amides is 1. The van der Waals surface area contributed by atoms with Gasteiger partial charge in [-0.3, -0.25) is 4.79 Å². The fourth-order valence-electron chi connectivity index (χ4n) is 2.16. The van der Waals surface area contributed by atoms with Gasteiger partial charge in [-0.1, -0.05) is 18.5 Å². The summed E-state index contributed by atoms with van der Waals surface area (Å²) in [6.07, 6.45) is 0.984. The van der Waals surface area contributed by atoms with Crippen molar-refractivity contribution in [2.75, 3.05) is 31.6 Å².